The molecule has 0 amide bonds. The van der Waals surface area contributed by atoms with Crippen LogP contribution in [-0.4, -0.2) is 23.1 Å². The minimum absolute atomic E-state index is 0.147. The first-order valence-electron chi connectivity index (χ1n) is 3.44. The Hall–Kier alpha value is -0.613. The molecule has 0 heterocycles. The Morgan fingerprint density at radius 1 is 1.55 bits per heavy atom. The summed E-state index contributed by atoms with van der Waals surface area (Å²) in [6.07, 6.45) is 0. The van der Waals surface area contributed by atoms with E-state index >= 15 is 0 Å². The predicted octanol–water partition coefficient (Wildman–Crippen LogP) is 0.387. The van der Waals surface area contributed by atoms with E-state index in [4.69, 9.17) is 8.85 Å². The lowest BCUT2D eigenvalue weighted by Gasteiger charge is -2.08. The summed E-state index contributed by atoms with van der Waals surface area (Å²) in [6, 6.07) is 0. The first kappa shape index (κ1) is 10.4. The molecule has 0 spiro atoms. The van der Waals surface area contributed by atoms with Crippen LogP contribution in [0, 0.1) is 5.92 Å². The molecule has 64 valence electrons. The van der Waals surface area contributed by atoms with Gasteiger partial charge in [0.2, 0.25) is 0 Å². The molecule has 11 heavy (non-hydrogen) atoms. The van der Waals surface area contributed by atoms with Gasteiger partial charge in [0.05, 0.1) is 0 Å². The number of carbonyl (C=O) groups excluding carboxylic acids is 1. The maximum absolute atomic E-state index is 11.0. The minimum atomic E-state index is -1.11. The van der Waals surface area contributed by atoms with Crippen LogP contribution in [0.15, 0.2) is 12.2 Å². The van der Waals surface area contributed by atoms with Gasteiger partial charge in [0.1, 0.15) is 0 Å². The van der Waals surface area contributed by atoms with Crippen molar-refractivity contribution >= 4 is 16.0 Å². The molecule has 0 unspecified atom stereocenters. The average Bonchev–Trinajstić information content (AvgIpc) is 1.98. The van der Waals surface area contributed by atoms with E-state index < -0.39 is 10.0 Å². The van der Waals surface area contributed by atoms with E-state index in [1.807, 2.05) is 13.8 Å². The molecule has 3 nitrogen and oxygen atoms in total. The van der Waals surface area contributed by atoms with Crippen LogP contribution in [-0.2, 0) is 13.6 Å². The summed E-state index contributed by atoms with van der Waals surface area (Å²) in [5.41, 5.74) is 0.509. The minimum Gasteiger partial charge on any atom is -0.496 e. The van der Waals surface area contributed by atoms with Gasteiger partial charge in [-0.25, -0.2) is 4.79 Å². The second-order valence-electron chi connectivity index (χ2n) is 2.52. The Bertz CT molecular complexity index is 154. The van der Waals surface area contributed by atoms with E-state index in [-0.39, 0.29) is 11.9 Å². The highest BCUT2D eigenvalue weighted by molar-refractivity contribution is 6.23. The largest absolute Gasteiger partial charge is 0.496 e. The van der Waals surface area contributed by atoms with Crippen LogP contribution in [0.3, 0.4) is 0 Å². The van der Waals surface area contributed by atoms with Crippen molar-refractivity contribution in [1.82, 2.24) is 0 Å². The second-order valence-corrected chi connectivity index (χ2v) is 3.62. The standard InChI is InChI=1S/C7H14O3Si/c1-5(2)6(3)7(8)10-11-9-4/h5H,3,11H2,1-2,4H3. The van der Waals surface area contributed by atoms with Crippen molar-refractivity contribution in [3.63, 3.8) is 0 Å². The van der Waals surface area contributed by atoms with Crippen LogP contribution < -0.4 is 0 Å². The molecule has 0 rings (SSSR count). The third-order valence-corrected chi connectivity index (χ3v) is 1.88. The molecule has 0 aromatic carbocycles. The molecule has 0 aromatic heterocycles. The fourth-order valence-corrected chi connectivity index (χ4v) is 0.851. The molecule has 4 heteroatoms. The van der Waals surface area contributed by atoms with E-state index in [1.54, 1.807) is 0 Å². The highest BCUT2D eigenvalue weighted by Gasteiger charge is 2.10. The number of rotatable bonds is 4. The molecule has 0 bridgehead atoms. The Morgan fingerprint density at radius 2 is 2.09 bits per heavy atom. The monoisotopic (exact) mass is 174 g/mol. The SMILES string of the molecule is C=C(C(=O)O[SiH2]OC)C(C)C. The number of hydrogen-bond donors (Lipinski definition) is 0. The lowest BCUT2D eigenvalue weighted by atomic mass is 10.1. The summed E-state index contributed by atoms with van der Waals surface area (Å²) >= 11 is 0. The van der Waals surface area contributed by atoms with Crippen molar-refractivity contribution in [3.05, 3.63) is 12.2 Å². The van der Waals surface area contributed by atoms with E-state index in [2.05, 4.69) is 6.58 Å². The zero-order valence-electron chi connectivity index (χ0n) is 7.22. The highest BCUT2D eigenvalue weighted by Crippen LogP contribution is 2.07. The summed E-state index contributed by atoms with van der Waals surface area (Å²) in [7, 11) is 0.415. The van der Waals surface area contributed by atoms with Gasteiger partial charge in [-0.15, -0.1) is 0 Å². The highest BCUT2D eigenvalue weighted by atomic mass is 28.3. The van der Waals surface area contributed by atoms with Crippen LogP contribution in [0.25, 0.3) is 0 Å². The van der Waals surface area contributed by atoms with Gasteiger partial charge in [-0.3, -0.25) is 0 Å². The maximum Gasteiger partial charge on any atom is 0.369 e. The van der Waals surface area contributed by atoms with Gasteiger partial charge in [0.15, 0.2) is 0 Å². The maximum atomic E-state index is 11.0. The predicted molar refractivity (Wildman–Crippen MR) is 45.6 cm³/mol. The fourth-order valence-electron chi connectivity index (χ4n) is 0.441. The molecule has 0 aromatic rings. The van der Waals surface area contributed by atoms with E-state index in [0.717, 1.165) is 0 Å². The molecule has 0 aliphatic rings. The normalized spacial score (nSPS) is 10.9. The first-order valence-corrected chi connectivity index (χ1v) is 4.60. The van der Waals surface area contributed by atoms with Crippen molar-refractivity contribution in [2.24, 2.45) is 5.92 Å². The Labute approximate surface area is 69.4 Å². The van der Waals surface area contributed by atoms with Crippen LogP contribution in [0.1, 0.15) is 13.8 Å². The van der Waals surface area contributed by atoms with E-state index in [1.165, 1.54) is 7.11 Å². The summed E-state index contributed by atoms with van der Waals surface area (Å²) < 4.78 is 9.49. The quantitative estimate of drug-likeness (QED) is 0.457. The van der Waals surface area contributed by atoms with E-state index in [9.17, 15) is 4.79 Å². The van der Waals surface area contributed by atoms with Crippen molar-refractivity contribution in [1.29, 1.82) is 0 Å². The Morgan fingerprint density at radius 3 is 2.45 bits per heavy atom. The van der Waals surface area contributed by atoms with E-state index in [0.29, 0.717) is 5.57 Å². The van der Waals surface area contributed by atoms with Crippen LogP contribution in [0.4, 0.5) is 0 Å². The molecule has 0 fully saturated rings. The molecule has 0 saturated carbocycles. The average molecular weight is 174 g/mol. The zero-order chi connectivity index (χ0) is 8.85. The first-order chi connectivity index (χ1) is 5.09. The van der Waals surface area contributed by atoms with Crippen molar-refractivity contribution in [2.45, 2.75) is 13.8 Å². The summed E-state index contributed by atoms with van der Waals surface area (Å²) in [4.78, 5) is 11.0. The number of hydrogen-bond acceptors (Lipinski definition) is 3. The van der Waals surface area contributed by atoms with Gasteiger partial charge in [-0.2, -0.15) is 0 Å². The third-order valence-electron chi connectivity index (χ3n) is 1.27. The van der Waals surface area contributed by atoms with Gasteiger partial charge >= 0.3 is 16.0 Å². The fraction of sp³-hybridized carbons (Fsp3) is 0.571. The topological polar surface area (TPSA) is 35.5 Å². The van der Waals surface area contributed by atoms with Crippen LogP contribution >= 0.6 is 0 Å². The Kier molecular flexibility index (Phi) is 4.81. The molecular weight excluding hydrogens is 160 g/mol. The lowest BCUT2D eigenvalue weighted by Crippen LogP contribution is -2.14. The van der Waals surface area contributed by atoms with Crippen LogP contribution in [0.5, 0.6) is 0 Å². The molecule has 0 atom stereocenters. The molecule has 0 aliphatic heterocycles. The van der Waals surface area contributed by atoms with Crippen LogP contribution in [0.2, 0.25) is 0 Å². The summed E-state index contributed by atoms with van der Waals surface area (Å²) in [5, 5.41) is 0. The number of carbonyl (C=O) groups is 1. The van der Waals surface area contributed by atoms with Crippen molar-refractivity contribution in [2.75, 3.05) is 7.11 Å². The third kappa shape index (κ3) is 3.95. The molecule has 0 aliphatic carbocycles. The van der Waals surface area contributed by atoms with Gasteiger partial charge in [-0.1, -0.05) is 20.4 Å². The smallest absolute Gasteiger partial charge is 0.369 e. The van der Waals surface area contributed by atoms with Gasteiger partial charge in [0.25, 0.3) is 0 Å². The molecule has 0 saturated heterocycles. The zero-order valence-corrected chi connectivity index (χ0v) is 8.63. The molecule has 0 radical (unpaired) electrons. The molecule has 0 N–H and O–H groups in total. The molecular formula is C7H14O3Si. The van der Waals surface area contributed by atoms with Gasteiger partial charge < -0.3 is 8.85 Å². The lowest BCUT2D eigenvalue weighted by molar-refractivity contribution is -0.131. The Balaban J connectivity index is 3.75. The van der Waals surface area contributed by atoms with Gasteiger partial charge in [0, 0.05) is 12.7 Å². The van der Waals surface area contributed by atoms with Crippen molar-refractivity contribution < 1.29 is 13.6 Å². The summed E-state index contributed by atoms with van der Waals surface area (Å²) in [6.45, 7) is 7.40. The van der Waals surface area contributed by atoms with Gasteiger partial charge in [-0.05, 0) is 5.92 Å². The second kappa shape index (κ2) is 5.09. The summed E-state index contributed by atoms with van der Waals surface area (Å²) in [5.74, 6) is -0.179. The van der Waals surface area contributed by atoms with Crippen molar-refractivity contribution in [3.8, 4) is 0 Å².